The maximum Gasteiger partial charge on any atom is 0.144 e. The van der Waals surface area contributed by atoms with E-state index in [0.717, 1.165) is 41.4 Å². The molecule has 2 aromatic heterocycles. The molecule has 0 fully saturated rings. The summed E-state index contributed by atoms with van der Waals surface area (Å²) in [5.74, 6) is 2.24. The fourth-order valence-corrected chi connectivity index (χ4v) is 3.62. The molecule has 0 unspecified atom stereocenters. The first-order valence-corrected chi connectivity index (χ1v) is 9.24. The van der Waals surface area contributed by atoms with Gasteiger partial charge in [-0.15, -0.1) is 0 Å². The fourth-order valence-electron chi connectivity index (χ4n) is 3.62. The molecule has 1 aliphatic heterocycles. The SMILES string of the molecule is Nc1cc(N2CCc3onc(-c4ccc(-c5ccccc5)cc4)c3C2)ncn1. The smallest absolute Gasteiger partial charge is 0.144 e. The second-order valence-corrected chi connectivity index (χ2v) is 6.85. The number of nitrogen functional groups attached to an aromatic ring is 1. The number of rotatable bonds is 3. The molecule has 0 saturated heterocycles. The third-order valence-electron chi connectivity index (χ3n) is 5.09. The van der Waals surface area contributed by atoms with Gasteiger partial charge in [-0.2, -0.15) is 0 Å². The summed E-state index contributed by atoms with van der Waals surface area (Å²) >= 11 is 0. The summed E-state index contributed by atoms with van der Waals surface area (Å²) in [6.45, 7) is 1.50. The molecule has 6 heteroatoms. The Morgan fingerprint density at radius 3 is 2.43 bits per heavy atom. The molecule has 0 amide bonds. The standard InChI is InChI=1S/C22H19N5O/c23-20-12-21(25-14-24-20)27-11-10-19-18(13-27)22(26-28-19)17-8-6-16(7-9-17)15-4-2-1-3-5-15/h1-9,12,14H,10-11,13H2,(H2,23,24,25). The van der Waals surface area contributed by atoms with E-state index in [1.54, 1.807) is 6.07 Å². The summed E-state index contributed by atoms with van der Waals surface area (Å²) in [5.41, 5.74) is 11.2. The van der Waals surface area contributed by atoms with Crippen LogP contribution in [0, 0.1) is 0 Å². The van der Waals surface area contributed by atoms with Gasteiger partial charge in [-0.05, 0) is 11.1 Å². The lowest BCUT2D eigenvalue weighted by Crippen LogP contribution is -2.30. The first-order valence-electron chi connectivity index (χ1n) is 9.24. The van der Waals surface area contributed by atoms with Crippen molar-refractivity contribution in [2.24, 2.45) is 0 Å². The molecule has 28 heavy (non-hydrogen) atoms. The Bertz CT molecular complexity index is 1110. The fraction of sp³-hybridized carbons (Fsp3) is 0.136. The Morgan fingerprint density at radius 1 is 0.893 bits per heavy atom. The molecule has 6 nitrogen and oxygen atoms in total. The molecule has 1 aliphatic rings. The Labute approximate surface area is 162 Å². The number of aromatic nitrogens is 3. The van der Waals surface area contributed by atoms with E-state index in [4.69, 9.17) is 10.3 Å². The lowest BCUT2D eigenvalue weighted by atomic mass is 9.99. The minimum Gasteiger partial charge on any atom is -0.384 e. The van der Waals surface area contributed by atoms with Crippen LogP contribution < -0.4 is 10.6 Å². The van der Waals surface area contributed by atoms with E-state index >= 15 is 0 Å². The summed E-state index contributed by atoms with van der Waals surface area (Å²) in [5, 5.41) is 4.36. The topological polar surface area (TPSA) is 81.1 Å². The second-order valence-electron chi connectivity index (χ2n) is 6.85. The van der Waals surface area contributed by atoms with Crippen LogP contribution in [0.4, 0.5) is 11.6 Å². The largest absolute Gasteiger partial charge is 0.384 e. The third kappa shape index (κ3) is 2.99. The Balaban J connectivity index is 1.45. The maximum atomic E-state index is 5.81. The molecule has 3 heterocycles. The van der Waals surface area contributed by atoms with Crippen LogP contribution in [0.25, 0.3) is 22.4 Å². The first kappa shape index (κ1) is 16.5. The van der Waals surface area contributed by atoms with Crippen molar-refractivity contribution < 1.29 is 4.52 Å². The van der Waals surface area contributed by atoms with Gasteiger partial charge in [0.1, 0.15) is 29.4 Å². The van der Waals surface area contributed by atoms with Gasteiger partial charge in [-0.25, -0.2) is 9.97 Å². The molecule has 2 N–H and O–H groups in total. The van der Waals surface area contributed by atoms with Crippen molar-refractivity contribution in [1.82, 2.24) is 15.1 Å². The number of nitrogens with zero attached hydrogens (tertiary/aromatic N) is 4. The van der Waals surface area contributed by atoms with Gasteiger partial charge in [0.15, 0.2) is 0 Å². The zero-order chi connectivity index (χ0) is 18.9. The van der Waals surface area contributed by atoms with Gasteiger partial charge >= 0.3 is 0 Å². The number of benzene rings is 2. The summed E-state index contributed by atoms with van der Waals surface area (Å²) in [7, 11) is 0. The molecule has 0 aliphatic carbocycles. The highest BCUT2D eigenvalue weighted by Gasteiger charge is 2.25. The van der Waals surface area contributed by atoms with E-state index in [2.05, 4.69) is 56.4 Å². The van der Waals surface area contributed by atoms with E-state index in [9.17, 15) is 0 Å². The molecule has 0 bridgehead atoms. The average Bonchev–Trinajstić information content (AvgIpc) is 3.18. The number of hydrogen-bond acceptors (Lipinski definition) is 6. The van der Waals surface area contributed by atoms with Gasteiger partial charge in [0.05, 0.1) is 6.54 Å². The van der Waals surface area contributed by atoms with Crippen LogP contribution in [0.3, 0.4) is 0 Å². The van der Waals surface area contributed by atoms with Crippen LogP contribution in [0.5, 0.6) is 0 Å². The van der Waals surface area contributed by atoms with E-state index in [0.29, 0.717) is 12.4 Å². The summed E-state index contributed by atoms with van der Waals surface area (Å²) in [6.07, 6.45) is 2.28. The second kappa shape index (κ2) is 6.81. The normalized spacial score (nSPS) is 13.4. The molecule has 0 atom stereocenters. The molecule has 5 rings (SSSR count). The molecular weight excluding hydrogens is 350 g/mol. The van der Waals surface area contributed by atoms with Gasteiger partial charge in [-0.1, -0.05) is 59.8 Å². The van der Waals surface area contributed by atoms with Crippen molar-refractivity contribution in [2.75, 3.05) is 17.2 Å². The van der Waals surface area contributed by atoms with E-state index in [-0.39, 0.29) is 0 Å². The average molecular weight is 369 g/mol. The first-order chi connectivity index (χ1) is 13.8. The molecule has 0 radical (unpaired) electrons. The molecular formula is C22H19N5O. The lowest BCUT2D eigenvalue weighted by molar-refractivity contribution is 0.379. The van der Waals surface area contributed by atoms with Crippen molar-refractivity contribution in [3.63, 3.8) is 0 Å². The number of hydrogen-bond donors (Lipinski definition) is 1. The summed E-state index contributed by atoms with van der Waals surface area (Å²) in [6, 6.07) is 20.6. The zero-order valence-corrected chi connectivity index (χ0v) is 15.2. The van der Waals surface area contributed by atoms with Gasteiger partial charge in [0, 0.05) is 30.2 Å². The van der Waals surface area contributed by atoms with Crippen molar-refractivity contribution in [2.45, 2.75) is 13.0 Å². The van der Waals surface area contributed by atoms with Crippen molar-refractivity contribution in [1.29, 1.82) is 0 Å². The predicted molar refractivity (Wildman–Crippen MR) is 109 cm³/mol. The molecule has 2 aromatic carbocycles. The quantitative estimate of drug-likeness (QED) is 0.589. The van der Waals surface area contributed by atoms with Crippen molar-refractivity contribution >= 4 is 11.6 Å². The summed E-state index contributed by atoms with van der Waals surface area (Å²) < 4.78 is 5.63. The van der Waals surface area contributed by atoms with E-state index in [1.807, 2.05) is 18.2 Å². The third-order valence-corrected chi connectivity index (χ3v) is 5.09. The minimum atomic E-state index is 0.470. The van der Waals surface area contributed by atoms with Crippen LogP contribution in [0.15, 0.2) is 71.5 Å². The van der Waals surface area contributed by atoms with Gasteiger partial charge in [0.2, 0.25) is 0 Å². The Hall–Kier alpha value is -3.67. The number of anilines is 2. The molecule has 0 saturated carbocycles. The monoisotopic (exact) mass is 369 g/mol. The Morgan fingerprint density at radius 2 is 1.64 bits per heavy atom. The van der Waals surface area contributed by atoms with Crippen molar-refractivity contribution in [3.8, 4) is 22.4 Å². The van der Waals surface area contributed by atoms with Crippen LogP contribution in [-0.4, -0.2) is 21.7 Å². The maximum absolute atomic E-state index is 5.81. The van der Waals surface area contributed by atoms with Gasteiger partial charge < -0.3 is 15.2 Å². The summed E-state index contributed by atoms with van der Waals surface area (Å²) in [4.78, 5) is 10.5. The van der Waals surface area contributed by atoms with Gasteiger partial charge in [-0.3, -0.25) is 0 Å². The molecule has 0 spiro atoms. The van der Waals surface area contributed by atoms with Crippen LogP contribution in [-0.2, 0) is 13.0 Å². The highest BCUT2D eigenvalue weighted by Crippen LogP contribution is 2.32. The van der Waals surface area contributed by atoms with Crippen LogP contribution >= 0.6 is 0 Å². The highest BCUT2D eigenvalue weighted by molar-refractivity contribution is 5.71. The predicted octanol–water partition coefficient (Wildman–Crippen LogP) is 3.94. The molecule has 4 aromatic rings. The molecule has 138 valence electrons. The van der Waals surface area contributed by atoms with Crippen LogP contribution in [0.2, 0.25) is 0 Å². The Kier molecular flexibility index (Phi) is 4.01. The zero-order valence-electron chi connectivity index (χ0n) is 15.2. The lowest BCUT2D eigenvalue weighted by Gasteiger charge is -2.27. The van der Waals surface area contributed by atoms with Crippen molar-refractivity contribution in [3.05, 3.63) is 78.3 Å². The van der Waals surface area contributed by atoms with E-state index in [1.165, 1.54) is 17.5 Å². The highest BCUT2D eigenvalue weighted by atomic mass is 16.5. The van der Waals surface area contributed by atoms with Crippen LogP contribution in [0.1, 0.15) is 11.3 Å². The number of nitrogens with two attached hydrogens (primary N) is 1. The van der Waals surface area contributed by atoms with E-state index < -0.39 is 0 Å². The number of fused-ring (bicyclic) bond motifs is 1. The van der Waals surface area contributed by atoms with Gasteiger partial charge in [0.25, 0.3) is 0 Å². The minimum absolute atomic E-state index is 0.470.